The van der Waals surface area contributed by atoms with Gasteiger partial charge in [0.05, 0.1) is 16.4 Å². The van der Waals surface area contributed by atoms with Crippen molar-refractivity contribution in [1.82, 2.24) is 4.98 Å². The van der Waals surface area contributed by atoms with Crippen LogP contribution < -0.4 is 10.6 Å². The van der Waals surface area contributed by atoms with Crippen LogP contribution in [0, 0.1) is 0 Å². The third-order valence-electron chi connectivity index (χ3n) is 3.26. The summed E-state index contributed by atoms with van der Waals surface area (Å²) in [4.78, 5) is 26.9. The van der Waals surface area contributed by atoms with Crippen LogP contribution in [0.15, 0.2) is 40.8 Å². The van der Waals surface area contributed by atoms with E-state index in [1.54, 1.807) is 36.4 Å². The molecule has 1 heterocycles. The lowest BCUT2D eigenvalue weighted by Crippen LogP contribution is -2.20. The van der Waals surface area contributed by atoms with E-state index in [1.165, 1.54) is 6.92 Å². The Morgan fingerprint density at radius 2 is 1.92 bits per heavy atom. The van der Waals surface area contributed by atoms with Crippen LogP contribution in [0.1, 0.15) is 6.92 Å². The number of ether oxygens (including phenoxy) is 1. The van der Waals surface area contributed by atoms with Crippen molar-refractivity contribution in [1.29, 1.82) is 0 Å². The summed E-state index contributed by atoms with van der Waals surface area (Å²) in [5.74, 6) is -1.00. The van der Waals surface area contributed by atoms with E-state index in [0.717, 1.165) is 0 Å². The van der Waals surface area contributed by atoms with E-state index < -0.39 is 11.9 Å². The van der Waals surface area contributed by atoms with Crippen molar-refractivity contribution in [2.45, 2.75) is 6.92 Å². The van der Waals surface area contributed by atoms with Gasteiger partial charge in [0.25, 0.3) is 11.9 Å². The zero-order valence-corrected chi connectivity index (χ0v) is 15.0. The molecule has 0 saturated heterocycles. The molecule has 0 radical (unpaired) electrons. The number of anilines is 3. The molecule has 0 saturated carbocycles. The van der Waals surface area contributed by atoms with Gasteiger partial charge in [-0.2, -0.15) is 4.98 Å². The van der Waals surface area contributed by atoms with Gasteiger partial charge in [0.1, 0.15) is 5.52 Å². The average molecular weight is 394 g/mol. The van der Waals surface area contributed by atoms with E-state index >= 15 is 0 Å². The van der Waals surface area contributed by atoms with Crippen molar-refractivity contribution in [2.75, 3.05) is 17.2 Å². The Bertz CT molecular complexity index is 987. The Morgan fingerprint density at radius 3 is 2.65 bits per heavy atom. The second-order valence-electron chi connectivity index (χ2n) is 5.25. The maximum absolute atomic E-state index is 11.9. The predicted molar refractivity (Wildman–Crippen MR) is 99.0 cm³/mol. The Balaban J connectivity index is 1.81. The molecule has 2 aromatic carbocycles. The highest BCUT2D eigenvalue weighted by Gasteiger charge is 2.13. The number of benzene rings is 2. The summed E-state index contributed by atoms with van der Waals surface area (Å²) in [7, 11) is 0. The molecule has 9 heteroatoms. The fraction of sp³-hybridized carbons (Fsp3) is 0.118. The number of halogens is 2. The normalized spacial score (nSPS) is 10.6. The summed E-state index contributed by atoms with van der Waals surface area (Å²) < 4.78 is 10.3. The molecule has 0 atom stereocenters. The van der Waals surface area contributed by atoms with Crippen molar-refractivity contribution in [3.8, 4) is 0 Å². The van der Waals surface area contributed by atoms with Crippen LogP contribution in [0.2, 0.25) is 10.0 Å². The number of aromatic nitrogens is 1. The number of rotatable bonds is 5. The summed E-state index contributed by atoms with van der Waals surface area (Å²) >= 11 is 12.1. The fourth-order valence-electron chi connectivity index (χ4n) is 2.18. The number of nitrogens with zero attached hydrogens (tertiary/aromatic N) is 1. The summed E-state index contributed by atoms with van der Waals surface area (Å²) in [6, 6.07) is 10.3. The van der Waals surface area contributed by atoms with Gasteiger partial charge < -0.3 is 19.8 Å². The second kappa shape index (κ2) is 7.63. The minimum atomic E-state index is -0.534. The molecule has 0 unspecified atom stereocenters. The van der Waals surface area contributed by atoms with Gasteiger partial charge in [-0.25, -0.2) is 0 Å². The van der Waals surface area contributed by atoms with Gasteiger partial charge in [0.2, 0.25) is 0 Å². The predicted octanol–water partition coefficient (Wildman–Crippen LogP) is 4.38. The number of amides is 1. The molecule has 0 aliphatic heterocycles. The van der Waals surface area contributed by atoms with Gasteiger partial charge >= 0.3 is 5.97 Å². The van der Waals surface area contributed by atoms with Crippen LogP contribution in [0.5, 0.6) is 0 Å². The maximum Gasteiger partial charge on any atom is 0.303 e. The lowest BCUT2D eigenvalue weighted by molar-refractivity contribution is -0.144. The molecule has 3 rings (SSSR count). The van der Waals surface area contributed by atoms with Crippen molar-refractivity contribution in [3.63, 3.8) is 0 Å². The van der Waals surface area contributed by atoms with Gasteiger partial charge in [0, 0.05) is 11.9 Å². The molecule has 0 aliphatic rings. The van der Waals surface area contributed by atoms with Crippen molar-refractivity contribution >= 4 is 63.6 Å². The second-order valence-corrected chi connectivity index (χ2v) is 6.10. The maximum atomic E-state index is 11.9. The number of esters is 1. The Morgan fingerprint density at radius 1 is 1.19 bits per heavy atom. The van der Waals surface area contributed by atoms with E-state index in [2.05, 4.69) is 20.4 Å². The third-order valence-corrected chi connectivity index (χ3v) is 3.76. The monoisotopic (exact) mass is 393 g/mol. The van der Waals surface area contributed by atoms with Crippen molar-refractivity contribution < 1.29 is 18.7 Å². The van der Waals surface area contributed by atoms with Crippen molar-refractivity contribution in [3.05, 3.63) is 46.4 Å². The molecule has 26 heavy (non-hydrogen) atoms. The molecule has 1 amide bonds. The van der Waals surface area contributed by atoms with Crippen LogP contribution in [0.4, 0.5) is 17.4 Å². The standard InChI is InChI=1S/C17H13Cl2N3O4/c1-9(23)25-8-15(24)20-12-4-2-3-5-13(12)21-17-22-14-7-10(18)6-11(19)16(14)26-17/h2-7H,8H2,1H3,(H,20,24)(H,21,22). The first-order valence-corrected chi connectivity index (χ1v) is 8.23. The molecule has 3 aromatic rings. The molecule has 0 fully saturated rings. The van der Waals surface area contributed by atoms with Gasteiger partial charge in [0.15, 0.2) is 12.2 Å². The number of carbonyl (C=O) groups excluding carboxylic acids is 2. The Kier molecular flexibility index (Phi) is 5.29. The van der Waals surface area contributed by atoms with E-state index in [-0.39, 0.29) is 12.6 Å². The molecule has 2 N–H and O–H groups in total. The van der Waals surface area contributed by atoms with Gasteiger partial charge in [-0.3, -0.25) is 9.59 Å². The zero-order chi connectivity index (χ0) is 18.7. The number of carbonyl (C=O) groups is 2. The Labute approximate surface area is 158 Å². The molecule has 0 spiro atoms. The van der Waals surface area contributed by atoms with Crippen LogP contribution >= 0.6 is 23.2 Å². The number of fused-ring (bicyclic) bond motifs is 1. The first-order valence-electron chi connectivity index (χ1n) is 7.47. The first-order chi connectivity index (χ1) is 12.4. The van der Waals surface area contributed by atoms with E-state index in [1.807, 2.05) is 0 Å². The minimum absolute atomic E-state index is 0.186. The number of para-hydroxylation sites is 2. The Hall–Kier alpha value is -2.77. The fourth-order valence-corrected chi connectivity index (χ4v) is 2.70. The summed E-state index contributed by atoms with van der Waals surface area (Å²) in [5, 5.41) is 6.41. The van der Waals surface area contributed by atoms with Crippen molar-refractivity contribution in [2.24, 2.45) is 0 Å². The van der Waals surface area contributed by atoms with E-state index in [9.17, 15) is 9.59 Å². The minimum Gasteiger partial charge on any atom is -0.456 e. The van der Waals surface area contributed by atoms with E-state index in [4.69, 9.17) is 27.6 Å². The first kappa shape index (κ1) is 18.0. The highest BCUT2D eigenvalue weighted by atomic mass is 35.5. The van der Waals surface area contributed by atoms with Gasteiger partial charge in [-0.1, -0.05) is 35.3 Å². The molecule has 0 aliphatic carbocycles. The van der Waals surface area contributed by atoms with E-state index in [0.29, 0.717) is 32.5 Å². The highest BCUT2D eigenvalue weighted by molar-refractivity contribution is 6.38. The average Bonchev–Trinajstić information content (AvgIpc) is 2.97. The smallest absolute Gasteiger partial charge is 0.303 e. The number of hydrogen-bond donors (Lipinski definition) is 2. The molecule has 7 nitrogen and oxygen atoms in total. The quantitative estimate of drug-likeness (QED) is 0.624. The van der Waals surface area contributed by atoms with Crippen LogP contribution in [-0.4, -0.2) is 23.5 Å². The summed E-state index contributed by atoms with van der Waals surface area (Å²) in [6.07, 6.45) is 0. The summed E-state index contributed by atoms with van der Waals surface area (Å²) in [5.41, 5.74) is 1.91. The largest absolute Gasteiger partial charge is 0.456 e. The van der Waals surface area contributed by atoms with Crippen LogP contribution in [0.3, 0.4) is 0 Å². The molecular formula is C17H13Cl2N3O4. The number of oxazole rings is 1. The zero-order valence-electron chi connectivity index (χ0n) is 13.5. The van der Waals surface area contributed by atoms with Gasteiger partial charge in [-0.05, 0) is 24.3 Å². The molecule has 134 valence electrons. The lowest BCUT2D eigenvalue weighted by Gasteiger charge is -2.10. The number of hydrogen-bond acceptors (Lipinski definition) is 6. The molecular weight excluding hydrogens is 381 g/mol. The van der Waals surface area contributed by atoms with Crippen LogP contribution in [-0.2, 0) is 14.3 Å². The van der Waals surface area contributed by atoms with Crippen LogP contribution in [0.25, 0.3) is 11.1 Å². The lowest BCUT2D eigenvalue weighted by atomic mass is 10.2. The highest BCUT2D eigenvalue weighted by Crippen LogP contribution is 2.32. The summed E-state index contributed by atoms with van der Waals surface area (Å²) in [6.45, 7) is 0.855. The molecule has 0 bridgehead atoms. The molecule has 1 aromatic heterocycles. The third kappa shape index (κ3) is 4.25. The SMILES string of the molecule is CC(=O)OCC(=O)Nc1ccccc1Nc1nc2cc(Cl)cc(Cl)c2o1. The number of nitrogens with one attached hydrogen (secondary N) is 2. The topological polar surface area (TPSA) is 93.5 Å². The van der Waals surface area contributed by atoms with Gasteiger partial charge in [-0.15, -0.1) is 0 Å².